The van der Waals surface area contributed by atoms with E-state index in [4.69, 9.17) is 14.2 Å². The zero-order valence-electron chi connectivity index (χ0n) is 17.0. The Labute approximate surface area is 172 Å². The number of benzene rings is 2. The molecule has 0 unspecified atom stereocenters. The molecule has 0 aliphatic carbocycles. The third-order valence-electron chi connectivity index (χ3n) is 5.55. The molecule has 2 aliphatic heterocycles. The van der Waals surface area contributed by atoms with Crippen LogP contribution in [0, 0.1) is 0 Å². The van der Waals surface area contributed by atoms with Gasteiger partial charge in [0.15, 0.2) is 11.5 Å². The normalized spacial score (nSPS) is 18.0. The van der Waals surface area contributed by atoms with Gasteiger partial charge in [0.25, 0.3) is 0 Å². The molecule has 4 rings (SSSR count). The Hall–Kier alpha value is -2.28. The molecule has 0 aromatic heterocycles. The lowest BCUT2D eigenvalue weighted by Crippen LogP contribution is -2.48. The third kappa shape index (κ3) is 5.41. The minimum absolute atomic E-state index is 0.313. The molecule has 0 amide bonds. The first-order chi connectivity index (χ1) is 14.2. The van der Waals surface area contributed by atoms with Crippen molar-refractivity contribution >= 4 is 0 Å². The van der Waals surface area contributed by atoms with Crippen LogP contribution in [0.4, 0.5) is 0 Å². The SMILES string of the molecule is CCc1ccc(OC[C@@H](O)CN2CCN(Cc3ccc4c(c3)OCO4)CC2)cc1. The Bertz CT molecular complexity index is 788. The van der Waals surface area contributed by atoms with Crippen LogP contribution in [-0.2, 0) is 13.0 Å². The van der Waals surface area contributed by atoms with Crippen LogP contribution in [0.25, 0.3) is 0 Å². The molecular formula is C23H30N2O4. The standard InChI is InChI=1S/C23H30N2O4/c1-2-18-3-6-21(7-4-18)27-16-20(26)15-25-11-9-24(10-12-25)14-19-5-8-22-23(13-19)29-17-28-22/h3-8,13,20,26H,2,9-12,14-17H2,1H3/t20-/m0/s1. The fraction of sp³-hybridized carbons (Fsp3) is 0.478. The minimum Gasteiger partial charge on any atom is -0.491 e. The van der Waals surface area contributed by atoms with Crippen LogP contribution in [-0.4, -0.2) is 67.1 Å². The first kappa shape index (κ1) is 20.0. The summed E-state index contributed by atoms with van der Waals surface area (Å²) in [6.07, 6.45) is 0.532. The number of rotatable bonds is 8. The molecule has 2 heterocycles. The highest BCUT2D eigenvalue weighted by Crippen LogP contribution is 2.32. The first-order valence-electron chi connectivity index (χ1n) is 10.4. The summed E-state index contributed by atoms with van der Waals surface area (Å²) in [6, 6.07) is 14.3. The smallest absolute Gasteiger partial charge is 0.231 e. The average Bonchev–Trinajstić information content (AvgIpc) is 3.22. The lowest BCUT2D eigenvalue weighted by Gasteiger charge is -2.35. The van der Waals surface area contributed by atoms with E-state index in [9.17, 15) is 5.11 Å². The van der Waals surface area contributed by atoms with E-state index in [-0.39, 0.29) is 0 Å². The molecule has 29 heavy (non-hydrogen) atoms. The summed E-state index contributed by atoms with van der Waals surface area (Å²) in [6.45, 7) is 8.19. The maximum Gasteiger partial charge on any atom is 0.231 e. The number of aryl methyl sites for hydroxylation is 1. The maximum absolute atomic E-state index is 10.3. The van der Waals surface area contributed by atoms with Crippen molar-refractivity contribution in [2.75, 3.05) is 46.1 Å². The zero-order valence-corrected chi connectivity index (χ0v) is 17.0. The van der Waals surface area contributed by atoms with Gasteiger partial charge in [-0.05, 0) is 41.8 Å². The van der Waals surface area contributed by atoms with Gasteiger partial charge in [-0.1, -0.05) is 25.1 Å². The predicted octanol–water partition coefficient (Wildman–Crippen LogP) is 2.54. The predicted molar refractivity (Wildman–Crippen MR) is 112 cm³/mol. The highest BCUT2D eigenvalue weighted by molar-refractivity contribution is 5.44. The van der Waals surface area contributed by atoms with Crippen molar-refractivity contribution in [2.45, 2.75) is 26.0 Å². The van der Waals surface area contributed by atoms with E-state index in [1.54, 1.807) is 0 Å². The van der Waals surface area contributed by atoms with Crippen molar-refractivity contribution in [2.24, 2.45) is 0 Å². The van der Waals surface area contributed by atoms with Crippen molar-refractivity contribution in [1.29, 1.82) is 0 Å². The van der Waals surface area contributed by atoms with Gasteiger partial charge in [-0.25, -0.2) is 0 Å². The Kier molecular flexibility index (Phi) is 6.54. The second-order valence-electron chi connectivity index (χ2n) is 7.73. The number of piperazine rings is 1. The Morgan fingerprint density at radius 1 is 0.931 bits per heavy atom. The third-order valence-corrected chi connectivity index (χ3v) is 5.55. The van der Waals surface area contributed by atoms with Gasteiger partial charge in [0.1, 0.15) is 18.5 Å². The molecule has 2 aromatic rings. The van der Waals surface area contributed by atoms with Gasteiger partial charge in [-0.15, -0.1) is 0 Å². The van der Waals surface area contributed by atoms with Crippen LogP contribution < -0.4 is 14.2 Å². The summed E-state index contributed by atoms with van der Waals surface area (Å²) in [5.74, 6) is 2.49. The molecule has 1 N–H and O–H groups in total. The van der Waals surface area contributed by atoms with Gasteiger partial charge < -0.3 is 19.3 Å². The van der Waals surface area contributed by atoms with Crippen LogP contribution >= 0.6 is 0 Å². The van der Waals surface area contributed by atoms with E-state index in [1.165, 1.54) is 11.1 Å². The molecule has 0 saturated carbocycles. The number of β-amino-alcohol motifs (C(OH)–C–C–N with tert-alkyl or cyclic N) is 1. The molecular weight excluding hydrogens is 368 g/mol. The Balaban J connectivity index is 1.17. The number of aliphatic hydroxyl groups is 1. The van der Waals surface area contributed by atoms with E-state index in [0.717, 1.165) is 56.4 Å². The van der Waals surface area contributed by atoms with Gasteiger partial charge in [-0.3, -0.25) is 9.80 Å². The molecule has 1 atom stereocenters. The largest absolute Gasteiger partial charge is 0.491 e. The van der Waals surface area contributed by atoms with Gasteiger partial charge in [0.05, 0.1) is 0 Å². The lowest BCUT2D eigenvalue weighted by atomic mass is 10.1. The van der Waals surface area contributed by atoms with E-state index < -0.39 is 6.10 Å². The molecule has 0 bridgehead atoms. The van der Waals surface area contributed by atoms with E-state index in [2.05, 4.69) is 41.0 Å². The molecule has 0 radical (unpaired) electrons. The fourth-order valence-corrected chi connectivity index (χ4v) is 3.79. The van der Waals surface area contributed by atoms with E-state index >= 15 is 0 Å². The summed E-state index contributed by atoms with van der Waals surface area (Å²) < 4.78 is 16.6. The number of hydrogen-bond acceptors (Lipinski definition) is 6. The summed E-state index contributed by atoms with van der Waals surface area (Å²) in [5.41, 5.74) is 2.53. The quantitative estimate of drug-likeness (QED) is 0.738. The molecule has 0 spiro atoms. The molecule has 2 aromatic carbocycles. The van der Waals surface area contributed by atoms with Gasteiger partial charge >= 0.3 is 0 Å². The highest BCUT2D eigenvalue weighted by atomic mass is 16.7. The number of aliphatic hydroxyl groups excluding tert-OH is 1. The average molecular weight is 399 g/mol. The topological polar surface area (TPSA) is 54.4 Å². The monoisotopic (exact) mass is 398 g/mol. The van der Waals surface area contributed by atoms with Crippen molar-refractivity contribution in [3.8, 4) is 17.2 Å². The van der Waals surface area contributed by atoms with Gasteiger partial charge in [0, 0.05) is 39.3 Å². The maximum atomic E-state index is 10.3. The minimum atomic E-state index is -0.485. The zero-order chi connectivity index (χ0) is 20.1. The van der Waals surface area contributed by atoms with Crippen LogP contribution in [0.15, 0.2) is 42.5 Å². The number of fused-ring (bicyclic) bond motifs is 1. The molecule has 6 nitrogen and oxygen atoms in total. The highest BCUT2D eigenvalue weighted by Gasteiger charge is 2.20. The van der Waals surface area contributed by atoms with E-state index in [1.807, 2.05) is 18.2 Å². The summed E-state index contributed by atoms with van der Waals surface area (Å²) >= 11 is 0. The van der Waals surface area contributed by atoms with Crippen LogP contribution in [0.3, 0.4) is 0 Å². The molecule has 1 fully saturated rings. The molecule has 6 heteroatoms. The first-order valence-corrected chi connectivity index (χ1v) is 10.4. The van der Waals surface area contributed by atoms with Crippen molar-refractivity contribution in [3.63, 3.8) is 0 Å². The molecule has 1 saturated heterocycles. The van der Waals surface area contributed by atoms with Crippen LogP contribution in [0.5, 0.6) is 17.2 Å². The second kappa shape index (κ2) is 9.48. The Morgan fingerprint density at radius 3 is 2.38 bits per heavy atom. The van der Waals surface area contributed by atoms with Crippen LogP contribution in [0.1, 0.15) is 18.1 Å². The van der Waals surface area contributed by atoms with Gasteiger partial charge in [-0.2, -0.15) is 0 Å². The fourth-order valence-electron chi connectivity index (χ4n) is 3.79. The molecule has 2 aliphatic rings. The summed E-state index contributed by atoms with van der Waals surface area (Å²) in [4.78, 5) is 4.75. The molecule has 156 valence electrons. The van der Waals surface area contributed by atoms with Crippen molar-refractivity contribution < 1.29 is 19.3 Å². The summed E-state index contributed by atoms with van der Waals surface area (Å²) in [7, 11) is 0. The van der Waals surface area contributed by atoms with Crippen molar-refractivity contribution in [1.82, 2.24) is 9.80 Å². The lowest BCUT2D eigenvalue weighted by molar-refractivity contribution is 0.0446. The number of ether oxygens (including phenoxy) is 3. The van der Waals surface area contributed by atoms with Gasteiger partial charge in [0.2, 0.25) is 6.79 Å². The second-order valence-corrected chi connectivity index (χ2v) is 7.73. The summed E-state index contributed by atoms with van der Waals surface area (Å²) in [5, 5.41) is 10.3. The van der Waals surface area contributed by atoms with Crippen LogP contribution in [0.2, 0.25) is 0 Å². The number of nitrogens with zero attached hydrogens (tertiary/aromatic N) is 2. The van der Waals surface area contributed by atoms with Crippen molar-refractivity contribution in [3.05, 3.63) is 53.6 Å². The Morgan fingerprint density at radius 2 is 1.62 bits per heavy atom. The number of hydrogen-bond donors (Lipinski definition) is 1. The van der Waals surface area contributed by atoms with E-state index in [0.29, 0.717) is 19.9 Å².